The lowest BCUT2D eigenvalue weighted by Gasteiger charge is -2.48. The molecule has 1 aromatic carbocycles. The summed E-state index contributed by atoms with van der Waals surface area (Å²) in [6.07, 6.45) is 4.94. The average molecular weight is 558 g/mol. The number of carbonyl (C=O) groups is 3. The number of benzene rings is 1. The number of morpholine rings is 1. The monoisotopic (exact) mass is 557 g/mol. The van der Waals surface area contributed by atoms with Crippen LogP contribution in [-0.2, 0) is 30.3 Å². The molecular weight excluding hydrogens is 518 g/mol. The lowest BCUT2D eigenvalue weighted by Crippen LogP contribution is -2.53. The lowest BCUT2D eigenvalue weighted by molar-refractivity contribution is -0.165. The molecule has 0 aromatic heterocycles. The van der Waals surface area contributed by atoms with Crippen LogP contribution in [0.25, 0.3) is 0 Å². The first kappa shape index (κ1) is 26.7. The summed E-state index contributed by atoms with van der Waals surface area (Å²) in [6, 6.07) is 7.74. The van der Waals surface area contributed by atoms with Crippen molar-refractivity contribution >= 4 is 17.7 Å². The maximum atomic E-state index is 15.0. The Morgan fingerprint density at radius 1 is 1.17 bits per heavy atom. The Morgan fingerprint density at radius 3 is 2.51 bits per heavy atom. The number of ether oxygens (including phenoxy) is 3. The average Bonchev–Trinajstić information content (AvgIpc) is 3.54. The van der Waals surface area contributed by atoms with E-state index in [2.05, 4.69) is 45.7 Å². The second kappa shape index (κ2) is 8.21. The third kappa shape index (κ3) is 3.33. The Hall–Kier alpha value is -3.19. The van der Waals surface area contributed by atoms with Crippen LogP contribution in [0.2, 0.25) is 0 Å². The zero-order chi connectivity index (χ0) is 29.3. The highest BCUT2D eigenvalue weighted by Crippen LogP contribution is 2.67. The van der Waals surface area contributed by atoms with E-state index in [0.717, 1.165) is 29.7 Å². The van der Waals surface area contributed by atoms with E-state index in [1.165, 1.54) is 12.5 Å². The fraction of sp³-hybridized carbons (Fsp3) is 0.559. The van der Waals surface area contributed by atoms with E-state index in [-0.39, 0.29) is 35.6 Å². The molecule has 4 bridgehead atoms. The van der Waals surface area contributed by atoms with Crippen LogP contribution in [0.1, 0.15) is 59.9 Å². The number of Topliss-reactive ketones (excluding diaryl/α,β-unsaturated/α-hetero) is 1. The molecule has 1 aromatic rings. The zero-order valence-corrected chi connectivity index (χ0v) is 24.7. The lowest BCUT2D eigenvalue weighted by atomic mass is 9.56. The highest BCUT2D eigenvalue weighted by molar-refractivity contribution is 6.22. The smallest absolute Gasteiger partial charge is 0.304 e. The van der Waals surface area contributed by atoms with Crippen molar-refractivity contribution in [3.8, 4) is 5.75 Å². The fourth-order valence-corrected chi connectivity index (χ4v) is 9.94. The molecule has 0 radical (unpaired) electrons. The molecule has 10 unspecified atom stereocenters. The summed E-state index contributed by atoms with van der Waals surface area (Å²) < 4.78 is 18.9. The van der Waals surface area contributed by atoms with Crippen molar-refractivity contribution in [1.82, 2.24) is 5.32 Å². The molecule has 216 valence electrons. The number of fused-ring (bicyclic) bond motifs is 4. The van der Waals surface area contributed by atoms with E-state index in [9.17, 15) is 9.59 Å². The molecule has 7 heteroatoms. The molecule has 4 fully saturated rings. The van der Waals surface area contributed by atoms with E-state index in [1.54, 1.807) is 6.08 Å². The number of epoxide rings is 1. The van der Waals surface area contributed by atoms with Crippen LogP contribution in [-0.4, -0.2) is 41.2 Å². The molecule has 7 nitrogen and oxygen atoms in total. The second-order valence-electron chi connectivity index (χ2n) is 14.1. The number of allylic oxidation sites excluding steroid dienone is 3. The molecule has 1 amide bonds. The number of carbonyl (C=O) groups excluding carboxylic acids is 3. The Labute approximate surface area is 241 Å². The van der Waals surface area contributed by atoms with E-state index in [4.69, 9.17) is 14.2 Å². The van der Waals surface area contributed by atoms with Crippen molar-refractivity contribution < 1.29 is 28.6 Å². The highest BCUT2D eigenvalue weighted by atomic mass is 16.7. The zero-order valence-electron chi connectivity index (χ0n) is 24.7. The first-order chi connectivity index (χ1) is 19.3. The van der Waals surface area contributed by atoms with Gasteiger partial charge in [-0.15, -0.1) is 6.58 Å². The first-order valence-electron chi connectivity index (χ1n) is 14.9. The second-order valence-corrected chi connectivity index (χ2v) is 14.1. The van der Waals surface area contributed by atoms with Gasteiger partial charge in [0.25, 0.3) is 5.91 Å². The van der Waals surface area contributed by atoms with Gasteiger partial charge in [0.2, 0.25) is 17.1 Å². The van der Waals surface area contributed by atoms with Gasteiger partial charge in [0, 0.05) is 36.2 Å². The maximum Gasteiger partial charge on any atom is 0.304 e. The molecule has 8 rings (SSSR count). The van der Waals surface area contributed by atoms with Crippen molar-refractivity contribution in [2.45, 2.75) is 84.3 Å². The van der Waals surface area contributed by atoms with Gasteiger partial charge in [-0.2, -0.15) is 0 Å². The number of hydrogen-bond donors (Lipinski definition) is 1. The first-order valence-corrected chi connectivity index (χ1v) is 14.9. The third-order valence-corrected chi connectivity index (χ3v) is 11.0. The molecule has 10 atom stereocenters. The Kier molecular flexibility index (Phi) is 5.35. The minimum atomic E-state index is -1.77. The van der Waals surface area contributed by atoms with Gasteiger partial charge in [-0.05, 0) is 67.2 Å². The number of rotatable bonds is 2. The van der Waals surface area contributed by atoms with Gasteiger partial charge in [-0.3, -0.25) is 14.4 Å². The normalized spacial score (nSPS) is 45.6. The Bertz CT molecular complexity index is 1470. The van der Waals surface area contributed by atoms with Crippen LogP contribution in [0.4, 0.5) is 0 Å². The van der Waals surface area contributed by atoms with E-state index >= 15 is 4.79 Å². The number of amides is 1. The molecule has 1 N–H and O–H groups in total. The number of hydrogen-bond acceptors (Lipinski definition) is 6. The minimum absolute atomic E-state index is 0.0182. The predicted molar refractivity (Wildman–Crippen MR) is 152 cm³/mol. The van der Waals surface area contributed by atoms with Crippen molar-refractivity contribution in [2.75, 3.05) is 0 Å². The molecule has 7 aliphatic rings. The molecule has 2 saturated heterocycles. The summed E-state index contributed by atoms with van der Waals surface area (Å²) in [5.41, 5.74) is -0.698. The van der Waals surface area contributed by atoms with Crippen LogP contribution in [0, 0.1) is 34.5 Å². The summed E-state index contributed by atoms with van der Waals surface area (Å²) in [6.45, 7) is 16.6. The molecule has 4 heterocycles. The van der Waals surface area contributed by atoms with Crippen molar-refractivity contribution in [3.63, 3.8) is 0 Å². The van der Waals surface area contributed by atoms with Crippen LogP contribution >= 0.6 is 0 Å². The van der Waals surface area contributed by atoms with Crippen molar-refractivity contribution in [3.05, 3.63) is 65.3 Å². The number of ketones is 1. The summed E-state index contributed by atoms with van der Waals surface area (Å²) in [4.78, 5) is 41.1. The van der Waals surface area contributed by atoms with Crippen molar-refractivity contribution in [1.29, 1.82) is 0 Å². The van der Waals surface area contributed by atoms with Gasteiger partial charge < -0.3 is 19.5 Å². The summed E-state index contributed by atoms with van der Waals surface area (Å²) in [7, 11) is 0. The highest BCUT2D eigenvalue weighted by Gasteiger charge is 2.83. The summed E-state index contributed by atoms with van der Waals surface area (Å²) in [5.74, 6) is 0.298. The van der Waals surface area contributed by atoms with E-state index in [1.807, 2.05) is 31.2 Å². The van der Waals surface area contributed by atoms with Gasteiger partial charge >= 0.3 is 5.97 Å². The standard InChI is InChI=1S/C34H39NO6/c1-8-31(6)15-19(4)24-23-26(31)28(37)34-29(41-34)33(35-30(34)38,40-20(5)36)16-21-9-11-22(12-10-21)39-27(23)25-18(3)13-17(2)14-32(24,25)7/h8-12,15,17-18,24-25,27,29H,1,13-14,16H2,2-7H3,(H,35,38). The van der Waals surface area contributed by atoms with Gasteiger partial charge in [0.05, 0.1) is 0 Å². The number of esters is 1. The maximum absolute atomic E-state index is 15.0. The number of nitrogens with one attached hydrogen (secondary N) is 1. The Morgan fingerprint density at radius 2 is 1.88 bits per heavy atom. The predicted octanol–water partition coefficient (Wildman–Crippen LogP) is 4.85. The van der Waals surface area contributed by atoms with Gasteiger partial charge in [-0.1, -0.05) is 50.6 Å². The molecular formula is C34H39NO6. The quantitative estimate of drug-likeness (QED) is 0.242. The minimum Gasteiger partial charge on any atom is -0.486 e. The van der Waals surface area contributed by atoms with Crippen LogP contribution in [0.5, 0.6) is 5.75 Å². The molecule has 41 heavy (non-hydrogen) atoms. The van der Waals surface area contributed by atoms with Crippen LogP contribution in [0.15, 0.2) is 59.7 Å². The van der Waals surface area contributed by atoms with Gasteiger partial charge in [-0.25, -0.2) is 0 Å². The largest absolute Gasteiger partial charge is 0.486 e. The Balaban J connectivity index is 1.52. The third-order valence-electron chi connectivity index (χ3n) is 11.0. The topological polar surface area (TPSA) is 94.2 Å². The molecule has 2 saturated carbocycles. The van der Waals surface area contributed by atoms with Crippen LogP contribution in [0.3, 0.4) is 0 Å². The molecule has 4 aliphatic heterocycles. The van der Waals surface area contributed by atoms with Crippen LogP contribution < -0.4 is 10.1 Å². The van der Waals surface area contributed by atoms with Gasteiger partial charge in [0.15, 0.2) is 6.10 Å². The SMILES string of the molecule is C=CC1(C)C=C(C)C2C3=C1C(=O)C14OC1C(OC(C)=O)(Cc1ccc(cc1)OC3C1C(C)CC(C)CC21C)NC4=O. The van der Waals surface area contributed by atoms with Crippen molar-refractivity contribution in [2.24, 2.45) is 34.5 Å². The van der Waals surface area contributed by atoms with Gasteiger partial charge in [0.1, 0.15) is 11.9 Å². The van der Waals surface area contributed by atoms with E-state index in [0.29, 0.717) is 17.4 Å². The molecule has 0 spiro atoms. The summed E-state index contributed by atoms with van der Waals surface area (Å²) in [5, 5.41) is 2.89. The molecule has 3 aliphatic carbocycles. The summed E-state index contributed by atoms with van der Waals surface area (Å²) >= 11 is 0. The fourth-order valence-electron chi connectivity index (χ4n) is 9.94. The van der Waals surface area contributed by atoms with E-state index < -0.39 is 34.7 Å².